The number of para-hydroxylation sites is 1. The van der Waals surface area contributed by atoms with Crippen LogP contribution in [-0.2, 0) is 6.54 Å². The molecule has 0 unspecified atom stereocenters. The van der Waals surface area contributed by atoms with E-state index in [2.05, 4.69) is 5.10 Å². The minimum absolute atomic E-state index is 0.0550. The number of ether oxygens (including phenoxy) is 2. The fourth-order valence-electron chi connectivity index (χ4n) is 3.70. The summed E-state index contributed by atoms with van der Waals surface area (Å²) in [6, 6.07) is 8.85. The smallest absolute Gasteiger partial charge is 0.266 e. The number of rotatable bonds is 4. The molecule has 2 fully saturated rings. The van der Waals surface area contributed by atoms with Crippen LogP contribution in [0.15, 0.2) is 35.1 Å². The lowest BCUT2D eigenvalue weighted by molar-refractivity contribution is 0.0450. The normalized spacial score (nSPS) is 18.9. The fraction of sp³-hybridized carbons (Fsp3) is 0.450. The third kappa shape index (κ3) is 3.07. The maximum atomic E-state index is 12.8. The van der Waals surface area contributed by atoms with Crippen LogP contribution in [0.2, 0.25) is 0 Å². The summed E-state index contributed by atoms with van der Waals surface area (Å²) in [5.74, 6) is 1.86. The van der Waals surface area contributed by atoms with E-state index in [0.717, 1.165) is 18.5 Å². The van der Waals surface area contributed by atoms with Gasteiger partial charge in [0.15, 0.2) is 11.5 Å². The van der Waals surface area contributed by atoms with Crippen LogP contribution < -0.4 is 15.0 Å². The molecule has 1 saturated carbocycles. The van der Waals surface area contributed by atoms with Gasteiger partial charge in [-0.05, 0) is 31.0 Å². The van der Waals surface area contributed by atoms with Crippen LogP contribution in [0.3, 0.4) is 0 Å². The van der Waals surface area contributed by atoms with Gasteiger partial charge >= 0.3 is 0 Å². The second-order valence-corrected chi connectivity index (χ2v) is 7.46. The third-order valence-electron chi connectivity index (χ3n) is 5.36. The lowest BCUT2D eigenvalue weighted by atomic mass is 9.98. The molecule has 0 atom stereocenters. The summed E-state index contributed by atoms with van der Waals surface area (Å²) in [7, 11) is 0. The molecule has 27 heavy (non-hydrogen) atoms. The van der Waals surface area contributed by atoms with Crippen LogP contribution in [0, 0.1) is 5.92 Å². The number of fused-ring (bicyclic) bond motifs is 1. The Morgan fingerprint density at radius 2 is 1.93 bits per heavy atom. The van der Waals surface area contributed by atoms with E-state index >= 15 is 0 Å². The minimum Gasteiger partial charge on any atom is -0.486 e. The molecule has 1 saturated heterocycles. The average Bonchev–Trinajstić information content (AvgIpc) is 3.50. The fourth-order valence-corrected chi connectivity index (χ4v) is 3.70. The largest absolute Gasteiger partial charge is 0.486 e. The standard InChI is InChI=1S/C20H21N3O4/c24-18-7-6-16(14-4-5-14)21-23(18)12-13-10-22(11-13)20(25)15-2-1-3-17-19(15)27-9-8-26-17/h1-3,6-7,13-14H,4-5,8-12H2. The van der Waals surface area contributed by atoms with Crippen molar-refractivity contribution in [3.8, 4) is 11.5 Å². The summed E-state index contributed by atoms with van der Waals surface area (Å²) >= 11 is 0. The number of aromatic nitrogens is 2. The van der Waals surface area contributed by atoms with Gasteiger partial charge in [-0.1, -0.05) is 6.07 Å². The van der Waals surface area contributed by atoms with Crippen LogP contribution in [0.1, 0.15) is 34.8 Å². The molecule has 3 heterocycles. The zero-order valence-electron chi connectivity index (χ0n) is 15.0. The molecule has 2 aliphatic heterocycles. The van der Waals surface area contributed by atoms with Crippen LogP contribution in [0.4, 0.5) is 0 Å². The van der Waals surface area contributed by atoms with E-state index < -0.39 is 0 Å². The number of hydrogen-bond acceptors (Lipinski definition) is 5. The molecule has 7 nitrogen and oxygen atoms in total. The van der Waals surface area contributed by atoms with Crippen LogP contribution in [0.25, 0.3) is 0 Å². The Balaban J connectivity index is 1.26. The topological polar surface area (TPSA) is 73.7 Å². The first-order valence-electron chi connectivity index (χ1n) is 9.45. The summed E-state index contributed by atoms with van der Waals surface area (Å²) in [5, 5.41) is 4.51. The molecular weight excluding hydrogens is 346 g/mol. The zero-order chi connectivity index (χ0) is 18.4. The second kappa shape index (κ2) is 6.40. The van der Waals surface area contributed by atoms with E-state index in [-0.39, 0.29) is 17.4 Å². The van der Waals surface area contributed by atoms with E-state index in [1.165, 1.54) is 0 Å². The van der Waals surface area contributed by atoms with Gasteiger partial charge in [0.25, 0.3) is 11.5 Å². The zero-order valence-corrected chi connectivity index (χ0v) is 15.0. The van der Waals surface area contributed by atoms with Crippen molar-refractivity contribution < 1.29 is 14.3 Å². The van der Waals surface area contributed by atoms with Crippen LogP contribution >= 0.6 is 0 Å². The van der Waals surface area contributed by atoms with Crippen molar-refractivity contribution >= 4 is 5.91 Å². The summed E-state index contributed by atoms with van der Waals surface area (Å²) in [4.78, 5) is 26.7. The molecule has 5 rings (SSSR count). The highest BCUT2D eigenvalue weighted by Gasteiger charge is 2.34. The Morgan fingerprint density at radius 3 is 2.74 bits per heavy atom. The van der Waals surface area contributed by atoms with E-state index in [0.29, 0.717) is 55.8 Å². The monoisotopic (exact) mass is 367 g/mol. The van der Waals surface area contributed by atoms with Crippen LogP contribution in [0.5, 0.6) is 11.5 Å². The Labute approximate surface area is 156 Å². The van der Waals surface area contributed by atoms with Crippen molar-refractivity contribution in [3.05, 3.63) is 51.9 Å². The van der Waals surface area contributed by atoms with Crippen molar-refractivity contribution in [2.24, 2.45) is 5.92 Å². The summed E-state index contributed by atoms with van der Waals surface area (Å²) < 4.78 is 12.8. The highest BCUT2D eigenvalue weighted by Crippen LogP contribution is 2.38. The molecule has 1 aromatic carbocycles. The van der Waals surface area contributed by atoms with Crippen molar-refractivity contribution in [1.82, 2.24) is 14.7 Å². The maximum Gasteiger partial charge on any atom is 0.266 e. The Morgan fingerprint density at radius 1 is 1.11 bits per heavy atom. The van der Waals surface area contributed by atoms with Gasteiger partial charge < -0.3 is 14.4 Å². The van der Waals surface area contributed by atoms with E-state index in [1.54, 1.807) is 21.7 Å². The Kier molecular flexibility index (Phi) is 3.88. The van der Waals surface area contributed by atoms with Gasteiger partial charge in [-0.3, -0.25) is 9.59 Å². The number of likely N-dealkylation sites (tertiary alicyclic amines) is 1. The minimum atomic E-state index is -0.0770. The van der Waals surface area contributed by atoms with Gasteiger partial charge in [-0.25, -0.2) is 4.68 Å². The quantitative estimate of drug-likeness (QED) is 0.822. The highest BCUT2D eigenvalue weighted by atomic mass is 16.6. The van der Waals surface area contributed by atoms with Gasteiger partial charge in [0.1, 0.15) is 13.2 Å². The van der Waals surface area contributed by atoms with E-state index in [9.17, 15) is 9.59 Å². The SMILES string of the molecule is O=C(c1cccc2c1OCCO2)N1CC(Cn2nc(C3CC3)ccc2=O)C1. The van der Waals surface area contributed by atoms with Gasteiger partial charge in [-0.15, -0.1) is 0 Å². The number of amides is 1. The lowest BCUT2D eigenvalue weighted by Gasteiger charge is -2.39. The molecule has 7 heteroatoms. The molecule has 0 N–H and O–H groups in total. The molecule has 0 bridgehead atoms. The Hall–Kier alpha value is -2.83. The van der Waals surface area contributed by atoms with Gasteiger partial charge in [0.2, 0.25) is 0 Å². The molecule has 1 aliphatic carbocycles. The first-order valence-corrected chi connectivity index (χ1v) is 9.45. The lowest BCUT2D eigenvalue weighted by Crippen LogP contribution is -2.52. The molecular formula is C20H21N3O4. The predicted molar refractivity (Wildman–Crippen MR) is 97.3 cm³/mol. The van der Waals surface area contributed by atoms with Crippen molar-refractivity contribution in [3.63, 3.8) is 0 Å². The van der Waals surface area contributed by atoms with E-state index in [1.807, 2.05) is 18.2 Å². The molecule has 3 aliphatic rings. The molecule has 1 aromatic heterocycles. The number of hydrogen-bond donors (Lipinski definition) is 0. The summed E-state index contributed by atoms with van der Waals surface area (Å²) in [6.07, 6.45) is 2.31. The maximum absolute atomic E-state index is 12.8. The molecule has 0 spiro atoms. The average molecular weight is 367 g/mol. The highest BCUT2D eigenvalue weighted by molar-refractivity contribution is 5.98. The first-order chi connectivity index (χ1) is 13.2. The second-order valence-electron chi connectivity index (χ2n) is 7.46. The van der Waals surface area contributed by atoms with Gasteiger partial charge in [-0.2, -0.15) is 5.10 Å². The van der Waals surface area contributed by atoms with Crippen molar-refractivity contribution in [1.29, 1.82) is 0 Å². The first kappa shape index (κ1) is 16.4. The molecule has 140 valence electrons. The van der Waals surface area contributed by atoms with Crippen molar-refractivity contribution in [2.45, 2.75) is 25.3 Å². The number of carbonyl (C=O) groups excluding carboxylic acids is 1. The predicted octanol–water partition coefficient (Wildman–Crippen LogP) is 1.66. The van der Waals surface area contributed by atoms with Gasteiger partial charge in [0.05, 0.1) is 17.8 Å². The van der Waals surface area contributed by atoms with Crippen molar-refractivity contribution in [2.75, 3.05) is 26.3 Å². The number of benzene rings is 1. The molecule has 1 amide bonds. The molecule has 0 radical (unpaired) electrons. The van der Waals surface area contributed by atoms with Crippen LogP contribution in [-0.4, -0.2) is 46.9 Å². The Bertz CT molecular complexity index is 944. The summed E-state index contributed by atoms with van der Waals surface area (Å²) in [6.45, 7) is 2.73. The summed E-state index contributed by atoms with van der Waals surface area (Å²) in [5.41, 5.74) is 1.47. The third-order valence-corrected chi connectivity index (χ3v) is 5.36. The van der Waals surface area contributed by atoms with Gasteiger partial charge in [0, 0.05) is 31.0 Å². The van der Waals surface area contributed by atoms with E-state index in [4.69, 9.17) is 9.47 Å². The number of nitrogens with zero attached hydrogens (tertiary/aromatic N) is 3. The number of carbonyl (C=O) groups is 1. The molecule has 2 aromatic rings.